The van der Waals surface area contributed by atoms with Crippen LogP contribution in [0.1, 0.15) is 31.2 Å². The fraction of sp³-hybridized carbons (Fsp3) is 0.588. The summed E-state index contributed by atoms with van der Waals surface area (Å²) in [5.74, 6) is -0.436. The molecule has 1 atom stereocenters. The molecule has 2 heterocycles. The quantitative estimate of drug-likeness (QED) is 0.730. The fourth-order valence-electron chi connectivity index (χ4n) is 3.69. The molecule has 0 spiro atoms. The van der Waals surface area contributed by atoms with Crippen LogP contribution in [-0.2, 0) is 21.2 Å². The number of hydrogen-bond acceptors (Lipinski definition) is 3. The van der Waals surface area contributed by atoms with E-state index in [4.69, 9.17) is 23.2 Å². The monoisotopic (exact) mass is 402 g/mol. The molecule has 2 aliphatic heterocycles. The van der Waals surface area contributed by atoms with Gasteiger partial charge < -0.3 is 4.90 Å². The van der Waals surface area contributed by atoms with Crippen molar-refractivity contribution in [3.8, 4) is 0 Å². The molecule has 5 nitrogen and oxygen atoms in total. The van der Waals surface area contributed by atoms with Crippen molar-refractivity contribution < 1.29 is 13.2 Å². The SMILES string of the molecule is O=C(C1CC1(Cl)Cl)N1CCc2cc(S(=O)(=O)N3CCCCC3)ccc21. The van der Waals surface area contributed by atoms with E-state index >= 15 is 0 Å². The smallest absolute Gasteiger partial charge is 0.243 e. The van der Waals surface area contributed by atoms with Crippen molar-refractivity contribution in [1.29, 1.82) is 0 Å². The number of benzene rings is 1. The van der Waals surface area contributed by atoms with E-state index in [1.165, 1.54) is 0 Å². The zero-order chi connectivity index (χ0) is 17.8. The highest BCUT2D eigenvalue weighted by atomic mass is 35.5. The number of fused-ring (bicyclic) bond motifs is 1. The minimum atomic E-state index is -3.46. The van der Waals surface area contributed by atoms with Gasteiger partial charge in [-0.15, -0.1) is 23.2 Å². The molecular formula is C17H20Cl2N2O3S. The van der Waals surface area contributed by atoms with Gasteiger partial charge in [-0.1, -0.05) is 6.42 Å². The summed E-state index contributed by atoms with van der Waals surface area (Å²) >= 11 is 12.0. The lowest BCUT2D eigenvalue weighted by molar-refractivity contribution is -0.119. The van der Waals surface area contributed by atoms with E-state index in [2.05, 4.69) is 0 Å². The van der Waals surface area contributed by atoms with Crippen LogP contribution in [0.4, 0.5) is 5.69 Å². The first-order valence-corrected chi connectivity index (χ1v) is 10.8. The Kier molecular flexibility index (Phi) is 4.30. The standard InChI is InChI=1S/C17H20Cl2N2O3S/c18-17(19)11-14(17)16(22)21-9-6-12-10-13(4-5-15(12)21)25(23,24)20-7-2-1-3-8-20/h4-5,10,14H,1-3,6-9,11H2. The number of alkyl halides is 2. The van der Waals surface area contributed by atoms with Crippen LogP contribution in [0.5, 0.6) is 0 Å². The molecule has 1 aliphatic carbocycles. The Morgan fingerprint density at radius 2 is 1.80 bits per heavy atom. The van der Waals surface area contributed by atoms with Crippen LogP contribution in [0.2, 0.25) is 0 Å². The van der Waals surface area contributed by atoms with Gasteiger partial charge in [-0.3, -0.25) is 4.79 Å². The maximum absolute atomic E-state index is 12.8. The molecule has 4 rings (SSSR count). The minimum Gasteiger partial charge on any atom is -0.311 e. The second-order valence-corrected chi connectivity index (χ2v) is 10.5. The van der Waals surface area contributed by atoms with Crippen LogP contribution in [0, 0.1) is 5.92 Å². The second-order valence-electron chi connectivity index (χ2n) is 7.01. The topological polar surface area (TPSA) is 57.7 Å². The molecule has 0 aromatic heterocycles. The van der Waals surface area contributed by atoms with E-state index in [1.54, 1.807) is 27.4 Å². The fourth-order valence-corrected chi connectivity index (χ4v) is 5.75. The number of nitrogens with zero attached hydrogens (tertiary/aromatic N) is 2. The summed E-state index contributed by atoms with van der Waals surface area (Å²) in [6, 6.07) is 5.06. The van der Waals surface area contributed by atoms with Crippen molar-refractivity contribution in [2.45, 2.75) is 41.3 Å². The van der Waals surface area contributed by atoms with E-state index in [0.717, 1.165) is 30.5 Å². The van der Waals surface area contributed by atoms with Gasteiger partial charge in [0.05, 0.1) is 10.8 Å². The van der Waals surface area contributed by atoms with E-state index in [9.17, 15) is 13.2 Å². The molecule has 136 valence electrons. The van der Waals surface area contributed by atoms with Gasteiger partial charge in [0.15, 0.2) is 0 Å². The summed E-state index contributed by atoms with van der Waals surface area (Å²) in [4.78, 5) is 14.5. The maximum Gasteiger partial charge on any atom is 0.243 e. The maximum atomic E-state index is 12.8. The number of halogens is 2. The number of amides is 1. The lowest BCUT2D eigenvalue weighted by Gasteiger charge is -2.26. The van der Waals surface area contributed by atoms with Gasteiger partial charge in [-0.2, -0.15) is 4.31 Å². The highest BCUT2D eigenvalue weighted by molar-refractivity contribution is 7.89. The molecule has 1 unspecified atom stereocenters. The molecule has 1 aromatic rings. The third kappa shape index (κ3) is 3.07. The van der Waals surface area contributed by atoms with Gasteiger partial charge in [-0.05, 0) is 49.4 Å². The van der Waals surface area contributed by atoms with Gasteiger partial charge in [-0.25, -0.2) is 8.42 Å². The number of carbonyl (C=O) groups excluding carboxylic acids is 1. The molecule has 0 bridgehead atoms. The van der Waals surface area contributed by atoms with E-state index in [0.29, 0.717) is 37.4 Å². The molecule has 0 N–H and O–H groups in total. The Morgan fingerprint density at radius 3 is 2.44 bits per heavy atom. The number of piperidine rings is 1. The lowest BCUT2D eigenvalue weighted by Crippen LogP contribution is -2.35. The Bertz CT molecular complexity index is 819. The van der Waals surface area contributed by atoms with Crippen LogP contribution in [0.25, 0.3) is 0 Å². The number of hydrogen-bond donors (Lipinski definition) is 0. The average molecular weight is 403 g/mol. The summed E-state index contributed by atoms with van der Waals surface area (Å²) in [6.07, 6.45) is 4.02. The van der Waals surface area contributed by atoms with Crippen LogP contribution < -0.4 is 4.90 Å². The lowest BCUT2D eigenvalue weighted by atomic mass is 10.2. The number of carbonyl (C=O) groups is 1. The molecule has 1 saturated carbocycles. The van der Waals surface area contributed by atoms with Crippen molar-refractivity contribution in [3.05, 3.63) is 23.8 Å². The van der Waals surface area contributed by atoms with Crippen LogP contribution in [0.3, 0.4) is 0 Å². The predicted octanol–water partition coefficient (Wildman–Crippen LogP) is 2.94. The Balaban J connectivity index is 1.58. The third-order valence-electron chi connectivity index (χ3n) is 5.29. The molecule has 1 saturated heterocycles. The molecular weight excluding hydrogens is 383 g/mol. The zero-order valence-electron chi connectivity index (χ0n) is 13.7. The first kappa shape index (κ1) is 17.6. The average Bonchev–Trinajstić information content (AvgIpc) is 3.05. The van der Waals surface area contributed by atoms with E-state index in [-0.39, 0.29) is 11.8 Å². The number of rotatable bonds is 3. The molecule has 0 radical (unpaired) electrons. The first-order valence-electron chi connectivity index (χ1n) is 8.63. The van der Waals surface area contributed by atoms with Gasteiger partial charge in [0, 0.05) is 25.3 Å². The predicted molar refractivity (Wildman–Crippen MR) is 97.7 cm³/mol. The Hall–Kier alpha value is -0.820. The third-order valence-corrected chi connectivity index (χ3v) is 8.02. The van der Waals surface area contributed by atoms with Gasteiger partial charge in [0.25, 0.3) is 0 Å². The molecule has 1 amide bonds. The summed E-state index contributed by atoms with van der Waals surface area (Å²) < 4.78 is 26.3. The largest absolute Gasteiger partial charge is 0.311 e. The highest BCUT2D eigenvalue weighted by Gasteiger charge is 2.58. The van der Waals surface area contributed by atoms with Crippen LogP contribution >= 0.6 is 23.2 Å². The van der Waals surface area contributed by atoms with Crippen molar-refractivity contribution in [3.63, 3.8) is 0 Å². The van der Waals surface area contributed by atoms with Crippen molar-refractivity contribution >= 4 is 44.8 Å². The van der Waals surface area contributed by atoms with E-state index < -0.39 is 14.4 Å². The summed E-state index contributed by atoms with van der Waals surface area (Å²) in [6.45, 7) is 1.71. The summed E-state index contributed by atoms with van der Waals surface area (Å²) in [7, 11) is -3.46. The molecule has 2 fully saturated rings. The van der Waals surface area contributed by atoms with Crippen molar-refractivity contribution in [1.82, 2.24) is 4.31 Å². The Morgan fingerprint density at radius 1 is 1.12 bits per heavy atom. The van der Waals surface area contributed by atoms with Crippen LogP contribution in [0.15, 0.2) is 23.1 Å². The molecule has 8 heteroatoms. The van der Waals surface area contributed by atoms with E-state index in [1.807, 2.05) is 0 Å². The first-order chi connectivity index (χ1) is 11.8. The molecule has 1 aromatic carbocycles. The van der Waals surface area contributed by atoms with Gasteiger partial charge in [0.1, 0.15) is 4.33 Å². The molecule has 3 aliphatic rings. The number of anilines is 1. The van der Waals surface area contributed by atoms with Crippen molar-refractivity contribution in [2.75, 3.05) is 24.5 Å². The summed E-state index contributed by atoms with van der Waals surface area (Å²) in [5, 5.41) is 0. The summed E-state index contributed by atoms with van der Waals surface area (Å²) in [5.41, 5.74) is 1.67. The minimum absolute atomic E-state index is 0.0737. The normalized spacial score (nSPS) is 25.7. The number of sulfonamides is 1. The molecule has 25 heavy (non-hydrogen) atoms. The van der Waals surface area contributed by atoms with Crippen LogP contribution in [-0.4, -0.2) is 42.6 Å². The second kappa shape index (κ2) is 6.12. The zero-order valence-corrected chi connectivity index (χ0v) is 16.1. The highest BCUT2D eigenvalue weighted by Crippen LogP contribution is 2.54. The van der Waals surface area contributed by atoms with Gasteiger partial charge >= 0.3 is 0 Å². The van der Waals surface area contributed by atoms with Gasteiger partial charge in [0.2, 0.25) is 15.9 Å². The van der Waals surface area contributed by atoms with Crippen molar-refractivity contribution in [2.24, 2.45) is 5.92 Å². The Labute approximate surface area is 157 Å².